The monoisotopic (exact) mass is 219 g/mol. The molecule has 0 amide bonds. The number of nitrogens with zero attached hydrogens (tertiary/aromatic N) is 3. The lowest BCUT2D eigenvalue weighted by Crippen LogP contribution is -2.23. The fourth-order valence-corrected chi connectivity index (χ4v) is 1.32. The van der Waals surface area contributed by atoms with E-state index in [9.17, 15) is 4.79 Å². The maximum Gasteiger partial charge on any atom is 0.342 e. The van der Waals surface area contributed by atoms with Crippen LogP contribution in [0.2, 0.25) is 0 Å². The van der Waals surface area contributed by atoms with Crippen LogP contribution in [0.25, 0.3) is 5.52 Å². The molecule has 5 heteroatoms. The first-order valence-electron chi connectivity index (χ1n) is 4.98. The average molecular weight is 219 g/mol. The lowest BCUT2D eigenvalue weighted by Gasteiger charge is -2.18. The third-order valence-electron chi connectivity index (χ3n) is 1.94. The van der Waals surface area contributed by atoms with E-state index in [-0.39, 0.29) is 5.97 Å². The zero-order chi connectivity index (χ0) is 11.8. The van der Waals surface area contributed by atoms with Gasteiger partial charge in [-0.3, -0.25) is 4.98 Å². The number of hydrogen-bond acceptors (Lipinski definition) is 4. The van der Waals surface area contributed by atoms with E-state index >= 15 is 0 Å². The van der Waals surface area contributed by atoms with Crippen LogP contribution >= 0.6 is 0 Å². The Morgan fingerprint density at radius 2 is 2.12 bits per heavy atom. The van der Waals surface area contributed by atoms with E-state index in [0.29, 0.717) is 11.1 Å². The maximum absolute atomic E-state index is 11.8. The van der Waals surface area contributed by atoms with Crippen molar-refractivity contribution in [3.63, 3.8) is 0 Å². The lowest BCUT2D eigenvalue weighted by molar-refractivity contribution is 0.00718. The highest BCUT2D eigenvalue weighted by molar-refractivity contribution is 5.96. The molecule has 0 aliphatic heterocycles. The van der Waals surface area contributed by atoms with Gasteiger partial charge in [-0.2, -0.15) is 5.10 Å². The summed E-state index contributed by atoms with van der Waals surface area (Å²) in [5.41, 5.74) is 0.577. The van der Waals surface area contributed by atoms with Gasteiger partial charge in [-0.15, -0.1) is 0 Å². The Balaban J connectivity index is 2.37. The largest absolute Gasteiger partial charge is 0.456 e. The van der Waals surface area contributed by atoms with E-state index in [0.717, 1.165) is 0 Å². The number of ether oxygens (including phenoxy) is 1. The molecule has 0 saturated heterocycles. The van der Waals surface area contributed by atoms with Crippen LogP contribution in [0.5, 0.6) is 0 Å². The Morgan fingerprint density at radius 1 is 1.38 bits per heavy atom. The molecule has 2 aromatic rings. The molecule has 0 unspecified atom stereocenters. The molecule has 2 aromatic heterocycles. The minimum Gasteiger partial charge on any atom is -0.456 e. The average Bonchev–Trinajstić information content (AvgIpc) is 2.58. The second-order valence-corrected chi connectivity index (χ2v) is 4.47. The van der Waals surface area contributed by atoms with Crippen molar-refractivity contribution in [2.24, 2.45) is 0 Å². The van der Waals surface area contributed by atoms with E-state index in [4.69, 9.17) is 4.74 Å². The molecule has 0 bridgehead atoms. The molecular weight excluding hydrogens is 206 g/mol. The molecule has 0 aromatic carbocycles. The maximum atomic E-state index is 11.8. The molecule has 5 nitrogen and oxygen atoms in total. The first kappa shape index (κ1) is 10.6. The van der Waals surface area contributed by atoms with Gasteiger partial charge in [0.2, 0.25) is 0 Å². The third-order valence-corrected chi connectivity index (χ3v) is 1.94. The van der Waals surface area contributed by atoms with Crippen LogP contribution in [-0.2, 0) is 4.74 Å². The first-order chi connectivity index (χ1) is 7.47. The van der Waals surface area contributed by atoms with Crippen LogP contribution in [0.4, 0.5) is 0 Å². The summed E-state index contributed by atoms with van der Waals surface area (Å²) in [6, 6.07) is 0. The molecule has 0 spiro atoms. The summed E-state index contributed by atoms with van der Waals surface area (Å²) in [6.45, 7) is 5.48. The van der Waals surface area contributed by atoms with Crippen LogP contribution in [0, 0.1) is 0 Å². The molecule has 0 N–H and O–H groups in total. The SMILES string of the molecule is CC(C)(C)OC(=O)c1cnn2ccncc12. The molecule has 2 heterocycles. The zero-order valence-electron chi connectivity index (χ0n) is 9.47. The summed E-state index contributed by atoms with van der Waals surface area (Å²) in [6.07, 6.45) is 6.37. The standard InChI is InChI=1S/C11H13N3O2/c1-11(2,3)16-10(15)8-6-13-14-5-4-12-7-9(8)14/h4-7H,1-3H3. The van der Waals surface area contributed by atoms with Crippen LogP contribution in [0.3, 0.4) is 0 Å². The molecule has 0 saturated carbocycles. The summed E-state index contributed by atoms with van der Waals surface area (Å²) >= 11 is 0. The summed E-state index contributed by atoms with van der Waals surface area (Å²) in [5.74, 6) is -0.379. The van der Waals surface area contributed by atoms with Crippen molar-refractivity contribution in [1.29, 1.82) is 0 Å². The fraction of sp³-hybridized carbons (Fsp3) is 0.364. The lowest BCUT2D eigenvalue weighted by atomic mass is 10.2. The predicted octanol–water partition coefficient (Wildman–Crippen LogP) is 1.68. The smallest absolute Gasteiger partial charge is 0.342 e. The molecular formula is C11H13N3O2. The first-order valence-corrected chi connectivity index (χ1v) is 4.98. The number of carbonyl (C=O) groups is 1. The Labute approximate surface area is 93.1 Å². The zero-order valence-corrected chi connectivity index (χ0v) is 9.47. The normalized spacial score (nSPS) is 11.7. The Hall–Kier alpha value is -1.91. The summed E-state index contributed by atoms with van der Waals surface area (Å²) in [7, 11) is 0. The second kappa shape index (κ2) is 3.59. The summed E-state index contributed by atoms with van der Waals surface area (Å²) in [4.78, 5) is 15.8. The van der Waals surface area contributed by atoms with Crippen LogP contribution in [0.1, 0.15) is 31.1 Å². The highest BCUT2D eigenvalue weighted by atomic mass is 16.6. The van der Waals surface area contributed by atoms with E-state index in [1.165, 1.54) is 6.20 Å². The van der Waals surface area contributed by atoms with Gasteiger partial charge in [0.05, 0.1) is 17.9 Å². The number of hydrogen-bond donors (Lipinski definition) is 0. The van der Waals surface area contributed by atoms with Crippen molar-refractivity contribution in [2.75, 3.05) is 0 Å². The van der Waals surface area contributed by atoms with Gasteiger partial charge in [0.1, 0.15) is 11.2 Å². The van der Waals surface area contributed by atoms with Gasteiger partial charge >= 0.3 is 5.97 Å². The Kier molecular flexibility index (Phi) is 2.38. The van der Waals surface area contributed by atoms with E-state index in [1.54, 1.807) is 23.1 Å². The molecule has 0 atom stereocenters. The van der Waals surface area contributed by atoms with E-state index in [2.05, 4.69) is 10.1 Å². The van der Waals surface area contributed by atoms with Crippen molar-refractivity contribution in [3.8, 4) is 0 Å². The van der Waals surface area contributed by atoms with Crippen molar-refractivity contribution in [3.05, 3.63) is 30.4 Å². The van der Waals surface area contributed by atoms with Gasteiger partial charge in [-0.1, -0.05) is 0 Å². The van der Waals surface area contributed by atoms with Gasteiger partial charge in [0, 0.05) is 12.4 Å². The number of esters is 1. The van der Waals surface area contributed by atoms with Crippen molar-refractivity contribution in [1.82, 2.24) is 14.6 Å². The van der Waals surface area contributed by atoms with Crippen LogP contribution in [0.15, 0.2) is 24.8 Å². The van der Waals surface area contributed by atoms with Gasteiger partial charge in [-0.05, 0) is 20.8 Å². The minimum absolute atomic E-state index is 0.379. The van der Waals surface area contributed by atoms with Crippen LogP contribution < -0.4 is 0 Å². The molecule has 0 aliphatic rings. The van der Waals surface area contributed by atoms with Gasteiger partial charge in [0.15, 0.2) is 0 Å². The van der Waals surface area contributed by atoms with Gasteiger partial charge < -0.3 is 4.74 Å². The molecule has 0 fully saturated rings. The molecule has 16 heavy (non-hydrogen) atoms. The second-order valence-electron chi connectivity index (χ2n) is 4.47. The van der Waals surface area contributed by atoms with Crippen molar-refractivity contribution >= 4 is 11.5 Å². The highest BCUT2D eigenvalue weighted by Gasteiger charge is 2.20. The van der Waals surface area contributed by atoms with Crippen LogP contribution in [-0.4, -0.2) is 26.2 Å². The number of aromatic nitrogens is 3. The third kappa shape index (κ3) is 2.03. The predicted molar refractivity (Wildman–Crippen MR) is 58.2 cm³/mol. The Bertz CT molecular complexity index is 525. The minimum atomic E-state index is -0.506. The summed E-state index contributed by atoms with van der Waals surface area (Å²) in [5, 5.41) is 4.05. The number of carbonyl (C=O) groups excluding carboxylic acids is 1. The van der Waals surface area contributed by atoms with E-state index in [1.807, 2.05) is 20.8 Å². The van der Waals surface area contributed by atoms with Crippen molar-refractivity contribution < 1.29 is 9.53 Å². The molecule has 0 aliphatic carbocycles. The summed E-state index contributed by atoms with van der Waals surface area (Å²) < 4.78 is 6.86. The molecule has 0 radical (unpaired) electrons. The topological polar surface area (TPSA) is 56.5 Å². The van der Waals surface area contributed by atoms with Gasteiger partial charge in [-0.25, -0.2) is 9.31 Å². The van der Waals surface area contributed by atoms with E-state index < -0.39 is 5.60 Å². The number of rotatable bonds is 1. The number of fused-ring (bicyclic) bond motifs is 1. The molecule has 2 rings (SSSR count). The van der Waals surface area contributed by atoms with Crippen molar-refractivity contribution in [2.45, 2.75) is 26.4 Å². The Morgan fingerprint density at radius 3 is 2.81 bits per heavy atom. The van der Waals surface area contributed by atoms with Gasteiger partial charge in [0.25, 0.3) is 0 Å². The molecule has 84 valence electrons. The fourth-order valence-electron chi connectivity index (χ4n) is 1.32. The highest BCUT2D eigenvalue weighted by Crippen LogP contribution is 2.15. The quantitative estimate of drug-likeness (QED) is 0.685.